The summed E-state index contributed by atoms with van der Waals surface area (Å²) in [5, 5.41) is 9.54. The minimum absolute atomic E-state index is 0.0124. The van der Waals surface area contributed by atoms with Crippen LogP contribution in [0.3, 0.4) is 0 Å². The number of nitrogens with one attached hydrogen (secondary N) is 3. The number of rotatable bonds is 4. The predicted octanol–water partition coefficient (Wildman–Crippen LogP) is 1.21. The normalized spacial score (nSPS) is 19.0. The average molecular weight is 233 g/mol. The highest BCUT2D eigenvalue weighted by atomic mass is 16.1. The molecule has 1 aliphatic rings. The van der Waals surface area contributed by atoms with Gasteiger partial charge < -0.3 is 16.0 Å². The lowest BCUT2D eigenvalue weighted by molar-refractivity contribution is 0.0956. The molecular formula is C13H19N3O. The smallest absolute Gasteiger partial charge is 0.251 e. The monoisotopic (exact) mass is 233 g/mol. The van der Waals surface area contributed by atoms with Gasteiger partial charge in [0.2, 0.25) is 0 Å². The van der Waals surface area contributed by atoms with Crippen molar-refractivity contribution >= 4 is 11.6 Å². The summed E-state index contributed by atoms with van der Waals surface area (Å²) < 4.78 is 0. The van der Waals surface area contributed by atoms with Crippen LogP contribution < -0.4 is 16.0 Å². The largest absolute Gasteiger partial charge is 0.381 e. The number of anilines is 1. The summed E-state index contributed by atoms with van der Waals surface area (Å²) >= 11 is 0. The molecule has 1 saturated heterocycles. The van der Waals surface area contributed by atoms with Gasteiger partial charge in [0.05, 0.1) is 0 Å². The van der Waals surface area contributed by atoms with Gasteiger partial charge in [0.25, 0.3) is 5.91 Å². The maximum atomic E-state index is 11.6. The lowest BCUT2D eigenvalue weighted by Gasteiger charge is -2.13. The zero-order valence-electron chi connectivity index (χ0n) is 10.1. The van der Waals surface area contributed by atoms with Gasteiger partial charge in [-0.15, -0.1) is 0 Å². The predicted molar refractivity (Wildman–Crippen MR) is 69.3 cm³/mol. The molecule has 0 radical (unpaired) electrons. The van der Waals surface area contributed by atoms with Crippen LogP contribution in [0.2, 0.25) is 0 Å². The van der Waals surface area contributed by atoms with Crippen molar-refractivity contribution in [1.82, 2.24) is 10.6 Å². The van der Waals surface area contributed by atoms with E-state index in [1.165, 1.54) is 0 Å². The fraction of sp³-hybridized carbons (Fsp3) is 0.462. The van der Waals surface area contributed by atoms with E-state index in [2.05, 4.69) is 16.0 Å². The first kappa shape index (κ1) is 11.9. The number of carbonyl (C=O) groups excluding carboxylic acids is 1. The Bertz CT molecular complexity index is 369. The molecule has 1 aliphatic heterocycles. The molecule has 1 fully saturated rings. The number of hydrogen-bond donors (Lipinski definition) is 3. The van der Waals surface area contributed by atoms with E-state index in [-0.39, 0.29) is 5.91 Å². The number of hydrogen-bond acceptors (Lipinski definition) is 3. The van der Waals surface area contributed by atoms with Gasteiger partial charge in [0.15, 0.2) is 0 Å². The summed E-state index contributed by atoms with van der Waals surface area (Å²) in [5.41, 5.74) is 1.79. The minimum Gasteiger partial charge on any atom is -0.381 e. The van der Waals surface area contributed by atoms with Crippen LogP contribution in [-0.2, 0) is 0 Å². The Labute approximate surface area is 102 Å². The third-order valence-electron chi connectivity index (χ3n) is 2.92. The lowest BCUT2D eigenvalue weighted by atomic mass is 10.1. The molecule has 4 heteroatoms. The molecule has 17 heavy (non-hydrogen) atoms. The van der Waals surface area contributed by atoms with E-state index in [1.54, 1.807) is 0 Å². The molecule has 1 aromatic rings. The Kier molecular flexibility index (Phi) is 3.98. The van der Waals surface area contributed by atoms with E-state index >= 15 is 0 Å². The highest BCUT2D eigenvalue weighted by molar-refractivity contribution is 5.94. The highest BCUT2D eigenvalue weighted by Gasteiger charge is 2.13. The Morgan fingerprint density at radius 3 is 2.76 bits per heavy atom. The van der Waals surface area contributed by atoms with Gasteiger partial charge >= 0.3 is 0 Å². The first-order valence-electron chi connectivity index (χ1n) is 6.15. The van der Waals surface area contributed by atoms with Crippen LogP contribution in [0.25, 0.3) is 0 Å². The molecule has 2 rings (SSSR count). The molecule has 1 aromatic carbocycles. The third-order valence-corrected chi connectivity index (χ3v) is 2.92. The lowest BCUT2D eigenvalue weighted by Crippen LogP contribution is -2.23. The van der Waals surface area contributed by atoms with E-state index in [9.17, 15) is 4.79 Å². The number of benzene rings is 1. The quantitative estimate of drug-likeness (QED) is 0.732. The van der Waals surface area contributed by atoms with E-state index in [0.29, 0.717) is 18.2 Å². The SMILES string of the molecule is CCNC(=O)c1ccc(NC2CCNC2)cc1. The van der Waals surface area contributed by atoms with Crippen molar-refractivity contribution < 1.29 is 4.79 Å². The van der Waals surface area contributed by atoms with Gasteiger partial charge in [-0.05, 0) is 44.2 Å². The molecule has 4 nitrogen and oxygen atoms in total. The van der Waals surface area contributed by atoms with Crippen molar-refractivity contribution in [3.63, 3.8) is 0 Å². The van der Waals surface area contributed by atoms with Gasteiger partial charge in [-0.3, -0.25) is 4.79 Å². The summed E-state index contributed by atoms with van der Waals surface area (Å²) in [6.07, 6.45) is 1.15. The van der Waals surface area contributed by atoms with Gasteiger partial charge in [0.1, 0.15) is 0 Å². The molecule has 1 atom stereocenters. The molecule has 0 spiro atoms. The van der Waals surface area contributed by atoms with E-state index in [0.717, 1.165) is 25.2 Å². The molecule has 92 valence electrons. The molecule has 1 heterocycles. The van der Waals surface area contributed by atoms with Gasteiger partial charge in [-0.1, -0.05) is 0 Å². The van der Waals surface area contributed by atoms with Crippen LogP contribution in [0.4, 0.5) is 5.69 Å². The second-order valence-corrected chi connectivity index (χ2v) is 4.27. The molecule has 0 aromatic heterocycles. The van der Waals surface area contributed by atoms with Crippen molar-refractivity contribution in [3.8, 4) is 0 Å². The summed E-state index contributed by atoms with van der Waals surface area (Å²) in [6, 6.07) is 8.14. The maximum absolute atomic E-state index is 11.6. The van der Waals surface area contributed by atoms with Crippen LogP contribution in [-0.4, -0.2) is 31.6 Å². The van der Waals surface area contributed by atoms with Crippen molar-refractivity contribution in [3.05, 3.63) is 29.8 Å². The van der Waals surface area contributed by atoms with Crippen LogP contribution in [0.1, 0.15) is 23.7 Å². The van der Waals surface area contributed by atoms with Crippen molar-refractivity contribution in [2.24, 2.45) is 0 Å². The zero-order chi connectivity index (χ0) is 12.1. The number of amides is 1. The van der Waals surface area contributed by atoms with E-state index < -0.39 is 0 Å². The zero-order valence-corrected chi connectivity index (χ0v) is 10.1. The van der Waals surface area contributed by atoms with Crippen LogP contribution in [0.5, 0.6) is 0 Å². The Balaban J connectivity index is 1.94. The summed E-state index contributed by atoms with van der Waals surface area (Å²) in [7, 11) is 0. The Hall–Kier alpha value is -1.55. The maximum Gasteiger partial charge on any atom is 0.251 e. The highest BCUT2D eigenvalue weighted by Crippen LogP contribution is 2.13. The molecule has 3 N–H and O–H groups in total. The average Bonchev–Trinajstić information content (AvgIpc) is 2.83. The summed E-state index contributed by atoms with van der Waals surface area (Å²) in [5.74, 6) is -0.0124. The van der Waals surface area contributed by atoms with Gasteiger partial charge in [-0.25, -0.2) is 0 Å². The fourth-order valence-electron chi connectivity index (χ4n) is 1.99. The third kappa shape index (κ3) is 3.20. The molecule has 0 saturated carbocycles. The summed E-state index contributed by atoms with van der Waals surface area (Å²) in [4.78, 5) is 11.6. The van der Waals surface area contributed by atoms with Crippen LogP contribution >= 0.6 is 0 Å². The van der Waals surface area contributed by atoms with Crippen LogP contribution in [0.15, 0.2) is 24.3 Å². The molecular weight excluding hydrogens is 214 g/mol. The Morgan fingerprint density at radius 2 is 2.18 bits per heavy atom. The topological polar surface area (TPSA) is 53.2 Å². The number of carbonyl (C=O) groups is 1. The molecule has 0 aliphatic carbocycles. The van der Waals surface area contributed by atoms with E-state index in [1.807, 2.05) is 31.2 Å². The standard InChI is InChI=1S/C13H19N3O/c1-2-15-13(17)10-3-5-11(6-4-10)16-12-7-8-14-9-12/h3-6,12,14,16H,2,7-9H2,1H3,(H,15,17). The second-order valence-electron chi connectivity index (χ2n) is 4.27. The van der Waals surface area contributed by atoms with Crippen molar-refractivity contribution in [2.75, 3.05) is 25.0 Å². The van der Waals surface area contributed by atoms with E-state index in [4.69, 9.17) is 0 Å². The minimum atomic E-state index is -0.0124. The fourth-order valence-corrected chi connectivity index (χ4v) is 1.99. The second kappa shape index (κ2) is 5.68. The molecule has 1 unspecified atom stereocenters. The first-order valence-corrected chi connectivity index (χ1v) is 6.15. The van der Waals surface area contributed by atoms with Crippen molar-refractivity contribution in [2.45, 2.75) is 19.4 Å². The molecule has 1 amide bonds. The van der Waals surface area contributed by atoms with Gasteiger partial charge in [0, 0.05) is 30.4 Å². The van der Waals surface area contributed by atoms with Crippen molar-refractivity contribution in [1.29, 1.82) is 0 Å². The van der Waals surface area contributed by atoms with Crippen LogP contribution in [0, 0.1) is 0 Å². The Morgan fingerprint density at radius 1 is 1.41 bits per heavy atom. The first-order chi connectivity index (χ1) is 8.29. The van der Waals surface area contributed by atoms with Gasteiger partial charge in [-0.2, -0.15) is 0 Å². The summed E-state index contributed by atoms with van der Waals surface area (Å²) in [6.45, 7) is 4.67. The molecule has 0 bridgehead atoms.